The monoisotopic (exact) mass is 157 g/mol. The molecule has 0 aromatic heterocycles. The fraction of sp³-hybridized carbons (Fsp3) is 0.889. The van der Waals surface area contributed by atoms with E-state index in [0.717, 1.165) is 18.7 Å². The van der Waals surface area contributed by atoms with Gasteiger partial charge in [-0.3, -0.25) is 4.99 Å². The molecule has 0 heterocycles. The van der Waals surface area contributed by atoms with Gasteiger partial charge in [0.1, 0.15) is 5.60 Å². The Morgan fingerprint density at radius 1 is 1.45 bits per heavy atom. The number of ether oxygens (including phenoxy) is 1. The molecule has 0 amide bonds. The second-order valence-corrected chi connectivity index (χ2v) is 2.85. The van der Waals surface area contributed by atoms with Gasteiger partial charge in [-0.15, -0.1) is 0 Å². The second-order valence-electron chi connectivity index (χ2n) is 2.85. The fourth-order valence-electron chi connectivity index (χ4n) is 0.952. The predicted octanol–water partition coefficient (Wildman–Crippen LogP) is 2.28. The maximum absolute atomic E-state index is 5.37. The summed E-state index contributed by atoms with van der Waals surface area (Å²) >= 11 is 0. The second kappa shape index (κ2) is 4.50. The summed E-state index contributed by atoms with van der Waals surface area (Å²) in [6.07, 6.45) is 0.971. The molecular formula is C9H19NO. The summed E-state index contributed by atoms with van der Waals surface area (Å²) in [6, 6.07) is 0. The van der Waals surface area contributed by atoms with E-state index in [-0.39, 0.29) is 5.60 Å². The van der Waals surface area contributed by atoms with Crippen molar-refractivity contribution < 1.29 is 4.74 Å². The van der Waals surface area contributed by atoms with Gasteiger partial charge in [-0.2, -0.15) is 0 Å². The van der Waals surface area contributed by atoms with Gasteiger partial charge >= 0.3 is 0 Å². The lowest BCUT2D eigenvalue weighted by atomic mass is 9.98. The van der Waals surface area contributed by atoms with Crippen LogP contribution in [0.1, 0.15) is 34.1 Å². The number of rotatable bonds is 4. The number of hydrogen-bond acceptors (Lipinski definition) is 2. The molecule has 0 aliphatic carbocycles. The molecule has 66 valence electrons. The Labute approximate surface area is 69.7 Å². The molecule has 2 nitrogen and oxygen atoms in total. The van der Waals surface area contributed by atoms with E-state index in [2.05, 4.69) is 18.8 Å². The van der Waals surface area contributed by atoms with Crippen molar-refractivity contribution in [3.05, 3.63) is 0 Å². The number of methoxy groups -OCH3 is 1. The zero-order valence-electron chi connectivity index (χ0n) is 8.27. The SMILES string of the molecule is CCN=C(C)C(C)(CC)OC. The Bertz CT molecular complexity index is 136. The summed E-state index contributed by atoms with van der Waals surface area (Å²) in [6.45, 7) is 9.08. The Morgan fingerprint density at radius 2 is 2.00 bits per heavy atom. The van der Waals surface area contributed by atoms with Gasteiger partial charge in [0.25, 0.3) is 0 Å². The summed E-state index contributed by atoms with van der Waals surface area (Å²) in [5, 5.41) is 0. The number of hydrogen-bond donors (Lipinski definition) is 0. The Kier molecular flexibility index (Phi) is 4.34. The van der Waals surface area contributed by atoms with Gasteiger partial charge in [0, 0.05) is 19.4 Å². The average Bonchev–Trinajstić information content (AvgIpc) is 2.03. The van der Waals surface area contributed by atoms with E-state index in [1.807, 2.05) is 13.8 Å². The van der Waals surface area contributed by atoms with Crippen molar-refractivity contribution in [1.82, 2.24) is 0 Å². The van der Waals surface area contributed by atoms with Gasteiger partial charge in [0.2, 0.25) is 0 Å². The minimum absolute atomic E-state index is 0.157. The topological polar surface area (TPSA) is 21.6 Å². The number of aliphatic imine (C=N–C) groups is 1. The standard InChI is InChI=1S/C9H19NO/c1-6-9(4,11-5)8(3)10-7-2/h6-7H2,1-5H3. The summed E-state index contributed by atoms with van der Waals surface area (Å²) in [5.74, 6) is 0. The van der Waals surface area contributed by atoms with Crippen LogP contribution >= 0.6 is 0 Å². The highest BCUT2D eigenvalue weighted by Gasteiger charge is 2.24. The lowest BCUT2D eigenvalue weighted by Gasteiger charge is -2.26. The molecule has 0 N–H and O–H groups in total. The highest BCUT2D eigenvalue weighted by Crippen LogP contribution is 2.15. The molecule has 1 atom stereocenters. The fourth-order valence-corrected chi connectivity index (χ4v) is 0.952. The van der Waals surface area contributed by atoms with Crippen molar-refractivity contribution in [2.75, 3.05) is 13.7 Å². The van der Waals surface area contributed by atoms with Gasteiger partial charge < -0.3 is 4.74 Å². The highest BCUT2D eigenvalue weighted by atomic mass is 16.5. The largest absolute Gasteiger partial charge is 0.373 e. The zero-order chi connectivity index (χ0) is 8.91. The molecule has 0 aliphatic rings. The Balaban J connectivity index is 4.36. The lowest BCUT2D eigenvalue weighted by Crippen LogP contribution is -2.35. The first-order valence-electron chi connectivity index (χ1n) is 4.17. The molecule has 11 heavy (non-hydrogen) atoms. The molecule has 0 aromatic carbocycles. The van der Waals surface area contributed by atoms with E-state index in [1.54, 1.807) is 7.11 Å². The van der Waals surface area contributed by atoms with Crippen LogP contribution in [-0.2, 0) is 4.74 Å². The normalized spacial score (nSPS) is 18.1. The molecule has 0 aliphatic heterocycles. The van der Waals surface area contributed by atoms with Gasteiger partial charge in [0.15, 0.2) is 0 Å². The summed E-state index contributed by atoms with van der Waals surface area (Å²) < 4.78 is 5.37. The van der Waals surface area contributed by atoms with Crippen LogP contribution < -0.4 is 0 Å². The van der Waals surface area contributed by atoms with Crippen LogP contribution in [0.25, 0.3) is 0 Å². The lowest BCUT2D eigenvalue weighted by molar-refractivity contribution is 0.0624. The molecule has 0 rings (SSSR count). The molecule has 0 radical (unpaired) electrons. The van der Waals surface area contributed by atoms with Crippen LogP contribution in [0.4, 0.5) is 0 Å². The first kappa shape index (κ1) is 10.6. The maximum Gasteiger partial charge on any atom is 0.102 e. The minimum atomic E-state index is -0.157. The third-order valence-corrected chi connectivity index (χ3v) is 2.29. The van der Waals surface area contributed by atoms with Crippen molar-refractivity contribution in [3.8, 4) is 0 Å². The molecule has 0 aromatic rings. The van der Waals surface area contributed by atoms with Crippen molar-refractivity contribution in [2.45, 2.75) is 39.7 Å². The van der Waals surface area contributed by atoms with Crippen LogP contribution in [0.2, 0.25) is 0 Å². The molecule has 0 fully saturated rings. The Morgan fingerprint density at radius 3 is 2.27 bits per heavy atom. The molecule has 0 saturated carbocycles. The minimum Gasteiger partial charge on any atom is -0.373 e. The smallest absolute Gasteiger partial charge is 0.102 e. The van der Waals surface area contributed by atoms with Crippen molar-refractivity contribution in [3.63, 3.8) is 0 Å². The van der Waals surface area contributed by atoms with Crippen LogP contribution in [0.5, 0.6) is 0 Å². The van der Waals surface area contributed by atoms with Gasteiger partial charge in [-0.1, -0.05) is 6.92 Å². The zero-order valence-corrected chi connectivity index (χ0v) is 8.27. The molecule has 1 unspecified atom stereocenters. The van der Waals surface area contributed by atoms with Crippen LogP contribution in [0, 0.1) is 0 Å². The van der Waals surface area contributed by atoms with Crippen LogP contribution in [-0.4, -0.2) is 25.0 Å². The van der Waals surface area contributed by atoms with E-state index < -0.39 is 0 Å². The van der Waals surface area contributed by atoms with Gasteiger partial charge in [0.05, 0.1) is 0 Å². The maximum atomic E-state index is 5.37. The van der Waals surface area contributed by atoms with E-state index in [9.17, 15) is 0 Å². The quantitative estimate of drug-likeness (QED) is 0.574. The summed E-state index contributed by atoms with van der Waals surface area (Å²) in [4.78, 5) is 4.33. The summed E-state index contributed by atoms with van der Waals surface area (Å²) in [7, 11) is 1.73. The van der Waals surface area contributed by atoms with Gasteiger partial charge in [-0.05, 0) is 27.2 Å². The molecule has 2 heteroatoms. The molecular weight excluding hydrogens is 138 g/mol. The van der Waals surface area contributed by atoms with E-state index in [4.69, 9.17) is 4.74 Å². The summed E-state index contributed by atoms with van der Waals surface area (Å²) in [5.41, 5.74) is 0.931. The first-order chi connectivity index (χ1) is 5.10. The van der Waals surface area contributed by atoms with Gasteiger partial charge in [-0.25, -0.2) is 0 Å². The highest BCUT2D eigenvalue weighted by molar-refractivity contribution is 5.90. The average molecular weight is 157 g/mol. The van der Waals surface area contributed by atoms with Crippen molar-refractivity contribution >= 4 is 5.71 Å². The Hall–Kier alpha value is -0.370. The molecule has 0 bridgehead atoms. The van der Waals surface area contributed by atoms with Crippen LogP contribution in [0.15, 0.2) is 4.99 Å². The van der Waals surface area contributed by atoms with E-state index >= 15 is 0 Å². The van der Waals surface area contributed by atoms with Crippen molar-refractivity contribution in [1.29, 1.82) is 0 Å². The van der Waals surface area contributed by atoms with Crippen LogP contribution in [0.3, 0.4) is 0 Å². The first-order valence-corrected chi connectivity index (χ1v) is 4.17. The predicted molar refractivity (Wildman–Crippen MR) is 49.4 cm³/mol. The van der Waals surface area contributed by atoms with E-state index in [0.29, 0.717) is 0 Å². The number of nitrogens with zero attached hydrogens (tertiary/aromatic N) is 1. The molecule has 0 saturated heterocycles. The molecule has 0 spiro atoms. The third-order valence-electron chi connectivity index (χ3n) is 2.29. The third kappa shape index (κ3) is 2.62. The van der Waals surface area contributed by atoms with Crippen molar-refractivity contribution in [2.24, 2.45) is 4.99 Å². The van der Waals surface area contributed by atoms with E-state index in [1.165, 1.54) is 0 Å².